The van der Waals surface area contributed by atoms with Crippen LogP contribution in [0.1, 0.15) is 25.7 Å². The van der Waals surface area contributed by atoms with E-state index in [2.05, 4.69) is 25.1 Å². The molecule has 1 aliphatic carbocycles. The number of morpholine rings is 1. The van der Waals surface area contributed by atoms with Gasteiger partial charge >= 0.3 is 0 Å². The average molecular weight is 372 g/mol. The number of nitrogens with zero attached hydrogens (tertiary/aromatic N) is 4. The minimum absolute atomic E-state index is 0.267. The number of guanidine groups is 2. The quantitative estimate of drug-likeness (QED) is 0.829. The van der Waals surface area contributed by atoms with Gasteiger partial charge in [0.2, 0.25) is 11.9 Å². The maximum absolute atomic E-state index is 6.10. The third kappa shape index (κ3) is 4.01. The van der Waals surface area contributed by atoms with Gasteiger partial charge < -0.3 is 20.1 Å². The summed E-state index contributed by atoms with van der Waals surface area (Å²) < 4.78 is 10.8. The number of methoxy groups -OCH3 is 1. The number of nitrogens with two attached hydrogens (primary N) is 1. The van der Waals surface area contributed by atoms with Crippen LogP contribution in [-0.2, 0) is 4.74 Å². The number of hydrogen-bond donors (Lipinski definition) is 2. The molecule has 2 aliphatic heterocycles. The molecule has 1 saturated heterocycles. The SMILES string of the molecule is COc1ccc(N2C(N3CCOCC3)=NC(N)=NC2NC2CCCC2)cc1. The molecule has 2 heterocycles. The molecule has 146 valence electrons. The van der Waals surface area contributed by atoms with Gasteiger partial charge in [0.05, 0.1) is 20.3 Å². The number of benzene rings is 1. The maximum Gasteiger partial charge on any atom is 0.221 e. The van der Waals surface area contributed by atoms with Crippen LogP contribution in [0.3, 0.4) is 0 Å². The Morgan fingerprint density at radius 3 is 2.52 bits per heavy atom. The molecule has 0 amide bonds. The molecule has 0 spiro atoms. The van der Waals surface area contributed by atoms with E-state index in [1.807, 2.05) is 24.3 Å². The molecule has 27 heavy (non-hydrogen) atoms. The Morgan fingerprint density at radius 2 is 1.85 bits per heavy atom. The van der Waals surface area contributed by atoms with E-state index in [-0.39, 0.29) is 6.29 Å². The second kappa shape index (κ2) is 8.14. The van der Waals surface area contributed by atoms with Crippen LogP contribution < -0.4 is 20.7 Å². The predicted molar refractivity (Wildman–Crippen MR) is 106 cm³/mol. The van der Waals surface area contributed by atoms with Crippen LogP contribution in [0.4, 0.5) is 5.69 Å². The summed E-state index contributed by atoms with van der Waals surface area (Å²) in [5.41, 5.74) is 7.11. The molecule has 2 fully saturated rings. The molecule has 0 radical (unpaired) electrons. The van der Waals surface area contributed by atoms with Gasteiger partial charge in [-0.3, -0.25) is 10.2 Å². The van der Waals surface area contributed by atoms with Gasteiger partial charge in [-0.15, -0.1) is 0 Å². The minimum atomic E-state index is -0.267. The van der Waals surface area contributed by atoms with E-state index >= 15 is 0 Å². The van der Waals surface area contributed by atoms with Crippen molar-refractivity contribution in [2.24, 2.45) is 15.7 Å². The van der Waals surface area contributed by atoms with Crippen molar-refractivity contribution >= 4 is 17.6 Å². The Balaban J connectivity index is 1.66. The molecule has 1 saturated carbocycles. The number of hydrogen-bond acceptors (Lipinski definition) is 8. The van der Waals surface area contributed by atoms with Gasteiger partial charge in [0, 0.05) is 24.8 Å². The maximum atomic E-state index is 6.10. The molecule has 1 atom stereocenters. The Morgan fingerprint density at radius 1 is 1.15 bits per heavy atom. The smallest absolute Gasteiger partial charge is 0.221 e. The second-order valence-corrected chi connectivity index (χ2v) is 7.09. The first-order chi connectivity index (χ1) is 13.2. The summed E-state index contributed by atoms with van der Waals surface area (Å²) >= 11 is 0. The van der Waals surface area contributed by atoms with Crippen LogP contribution in [0.25, 0.3) is 0 Å². The van der Waals surface area contributed by atoms with Gasteiger partial charge in [-0.1, -0.05) is 12.8 Å². The zero-order valence-electron chi connectivity index (χ0n) is 15.8. The van der Waals surface area contributed by atoms with E-state index in [0.29, 0.717) is 25.2 Å². The molecule has 1 unspecified atom stereocenters. The topological polar surface area (TPSA) is 87.7 Å². The van der Waals surface area contributed by atoms with Crippen LogP contribution in [0, 0.1) is 0 Å². The van der Waals surface area contributed by atoms with Gasteiger partial charge in [-0.25, -0.2) is 4.99 Å². The van der Waals surface area contributed by atoms with Gasteiger partial charge in [0.25, 0.3) is 0 Å². The standard InChI is InChI=1S/C19H28N6O2/c1-26-16-8-6-15(7-9-16)25-18(21-14-4-2-3-5-14)22-17(20)23-19(25)24-10-12-27-13-11-24/h6-9,14,18,21H,2-5,10-13H2,1H3,(H2,20,22). The Hall–Kier alpha value is -2.32. The van der Waals surface area contributed by atoms with Crippen molar-refractivity contribution in [1.29, 1.82) is 0 Å². The number of nitrogens with one attached hydrogen (secondary N) is 1. The molecule has 0 aromatic heterocycles. The summed E-state index contributed by atoms with van der Waals surface area (Å²) in [6.07, 6.45) is 4.60. The van der Waals surface area contributed by atoms with Gasteiger partial charge in [0.15, 0.2) is 6.29 Å². The largest absolute Gasteiger partial charge is 0.497 e. The first-order valence-corrected chi connectivity index (χ1v) is 9.68. The highest BCUT2D eigenvalue weighted by Gasteiger charge is 2.33. The summed E-state index contributed by atoms with van der Waals surface area (Å²) in [4.78, 5) is 13.6. The van der Waals surface area contributed by atoms with Crippen molar-refractivity contribution in [2.45, 2.75) is 38.0 Å². The summed E-state index contributed by atoms with van der Waals surface area (Å²) in [6, 6.07) is 8.45. The van der Waals surface area contributed by atoms with Crippen LogP contribution in [0.15, 0.2) is 34.3 Å². The fourth-order valence-corrected chi connectivity index (χ4v) is 3.88. The molecule has 1 aromatic rings. The fraction of sp³-hybridized carbons (Fsp3) is 0.579. The third-order valence-corrected chi connectivity index (χ3v) is 5.31. The van der Waals surface area contributed by atoms with Crippen molar-refractivity contribution in [3.63, 3.8) is 0 Å². The summed E-state index contributed by atoms with van der Waals surface area (Å²) in [6.45, 7) is 2.95. The van der Waals surface area contributed by atoms with Gasteiger partial charge in [-0.2, -0.15) is 4.99 Å². The summed E-state index contributed by atoms with van der Waals surface area (Å²) in [5, 5.41) is 3.68. The Kier molecular flexibility index (Phi) is 5.45. The number of aliphatic imine (C=N–C) groups is 2. The average Bonchev–Trinajstić information content (AvgIpc) is 3.21. The van der Waals surface area contributed by atoms with E-state index in [9.17, 15) is 0 Å². The lowest BCUT2D eigenvalue weighted by molar-refractivity contribution is 0.0669. The van der Waals surface area contributed by atoms with E-state index in [4.69, 9.17) is 15.2 Å². The van der Waals surface area contributed by atoms with Crippen molar-refractivity contribution in [1.82, 2.24) is 10.2 Å². The lowest BCUT2D eigenvalue weighted by atomic mass is 10.2. The van der Waals surface area contributed by atoms with E-state index < -0.39 is 0 Å². The second-order valence-electron chi connectivity index (χ2n) is 7.09. The Labute approximate surface area is 160 Å². The molecular weight excluding hydrogens is 344 g/mol. The monoisotopic (exact) mass is 372 g/mol. The molecular formula is C19H28N6O2. The lowest BCUT2D eigenvalue weighted by Gasteiger charge is -2.41. The van der Waals surface area contributed by atoms with Crippen LogP contribution in [0.2, 0.25) is 0 Å². The van der Waals surface area contributed by atoms with E-state index in [1.165, 1.54) is 25.7 Å². The zero-order chi connectivity index (χ0) is 18.6. The minimum Gasteiger partial charge on any atom is -0.497 e. The fourth-order valence-electron chi connectivity index (χ4n) is 3.88. The zero-order valence-corrected chi connectivity index (χ0v) is 15.8. The van der Waals surface area contributed by atoms with Gasteiger partial charge in [0.1, 0.15) is 5.75 Å². The molecule has 0 bridgehead atoms. The van der Waals surface area contributed by atoms with E-state index in [0.717, 1.165) is 30.5 Å². The van der Waals surface area contributed by atoms with Crippen LogP contribution >= 0.6 is 0 Å². The van der Waals surface area contributed by atoms with Crippen molar-refractivity contribution in [2.75, 3.05) is 38.3 Å². The Bertz CT molecular complexity index is 693. The molecule has 3 N–H and O–H groups in total. The van der Waals surface area contributed by atoms with Crippen molar-refractivity contribution < 1.29 is 9.47 Å². The lowest BCUT2D eigenvalue weighted by Crippen LogP contribution is -2.60. The van der Waals surface area contributed by atoms with Crippen LogP contribution in [-0.4, -0.2) is 62.6 Å². The number of anilines is 1. The van der Waals surface area contributed by atoms with Crippen molar-refractivity contribution in [3.05, 3.63) is 24.3 Å². The predicted octanol–water partition coefficient (Wildman–Crippen LogP) is 1.33. The van der Waals surface area contributed by atoms with Crippen LogP contribution in [0.5, 0.6) is 5.75 Å². The molecule has 8 nitrogen and oxygen atoms in total. The van der Waals surface area contributed by atoms with Crippen molar-refractivity contribution in [3.8, 4) is 5.75 Å². The van der Waals surface area contributed by atoms with E-state index in [1.54, 1.807) is 7.11 Å². The number of rotatable bonds is 4. The first kappa shape index (κ1) is 18.1. The highest BCUT2D eigenvalue weighted by atomic mass is 16.5. The summed E-state index contributed by atoms with van der Waals surface area (Å²) in [7, 11) is 1.67. The molecule has 1 aromatic carbocycles. The third-order valence-electron chi connectivity index (χ3n) is 5.31. The molecule has 4 rings (SSSR count). The normalized spacial score (nSPS) is 24.0. The highest BCUT2D eigenvalue weighted by Crippen LogP contribution is 2.26. The first-order valence-electron chi connectivity index (χ1n) is 9.68. The molecule has 3 aliphatic rings. The number of ether oxygens (including phenoxy) is 2. The molecule has 8 heteroatoms. The van der Waals surface area contributed by atoms with Gasteiger partial charge in [-0.05, 0) is 37.1 Å². The summed E-state index contributed by atoms with van der Waals surface area (Å²) in [5.74, 6) is 1.96. The highest BCUT2D eigenvalue weighted by molar-refractivity contribution is 6.05.